The molecule has 0 radical (unpaired) electrons. The van der Waals surface area contributed by atoms with Gasteiger partial charge in [0.15, 0.2) is 0 Å². The summed E-state index contributed by atoms with van der Waals surface area (Å²) in [6.07, 6.45) is 11.6. The number of hydrogen-bond acceptors (Lipinski definition) is 4. The number of benzene rings is 1. The van der Waals surface area contributed by atoms with Crippen LogP contribution in [0.5, 0.6) is 0 Å². The molecule has 1 N–H and O–H groups in total. The second-order valence-corrected chi connectivity index (χ2v) is 12.9. The van der Waals surface area contributed by atoms with E-state index in [0.717, 1.165) is 37.9 Å². The fourth-order valence-electron chi connectivity index (χ4n) is 8.72. The first-order valence-electron chi connectivity index (χ1n) is 14.0. The largest absolute Gasteiger partial charge is 0.393 e. The maximum Gasteiger partial charge on any atom is 0.252 e. The van der Waals surface area contributed by atoms with E-state index in [4.69, 9.17) is 4.98 Å². The molecule has 0 saturated heterocycles. The molecule has 6 atom stereocenters. The topological polar surface area (TPSA) is 63.3 Å². The number of aliphatic hydroxyl groups is 1. The van der Waals surface area contributed by atoms with Crippen molar-refractivity contribution in [1.29, 1.82) is 0 Å². The van der Waals surface area contributed by atoms with E-state index in [-0.39, 0.29) is 16.9 Å². The first-order valence-corrected chi connectivity index (χ1v) is 14.0. The lowest BCUT2D eigenvalue weighted by Crippen LogP contribution is -2.51. The zero-order chi connectivity index (χ0) is 24.8. The molecular weight excluding hydrogens is 444 g/mol. The fourth-order valence-corrected chi connectivity index (χ4v) is 8.72. The molecule has 188 valence electrons. The monoisotopic (exact) mass is 482 g/mol. The first kappa shape index (κ1) is 22.7. The summed E-state index contributed by atoms with van der Waals surface area (Å²) >= 11 is 0. The molecule has 5 heteroatoms. The number of nitrogens with zero attached hydrogens (tertiary/aromatic N) is 4. The van der Waals surface area contributed by atoms with Crippen LogP contribution < -0.4 is 0 Å². The van der Waals surface area contributed by atoms with Crippen LogP contribution in [-0.2, 0) is 11.8 Å². The molecule has 0 spiro atoms. The van der Waals surface area contributed by atoms with E-state index in [2.05, 4.69) is 68.1 Å². The fraction of sp³-hybridized carbons (Fsp3) is 0.581. The minimum absolute atomic E-state index is 0.0761. The summed E-state index contributed by atoms with van der Waals surface area (Å²) in [4.78, 5) is 9.75. The van der Waals surface area contributed by atoms with Crippen molar-refractivity contribution in [3.05, 3.63) is 59.1 Å². The van der Waals surface area contributed by atoms with Crippen LogP contribution >= 0.6 is 0 Å². The quantitative estimate of drug-likeness (QED) is 0.438. The van der Waals surface area contributed by atoms with Crippen molar-refractivity contribution >= 4 is 5.78 Å². The van der Waals surface area contributed by atoms with E-state index >= 15 is 0 Å². The van der Waals surface area contributed by atoms with Gasteiger partial charge in [0.25, 0.3) is 5.78 Å². The number of allylic oxidation sites excluding steroid dienone is 1. The van der Waals surface area contributed by atoms with E-state index in [1.54, 1.807) is 6.33 Å². The van der Waals surface area contributed by atoms with Crippen LogP contribution in [0.1, 0.15) is 89.0 Å². The second kappa shape index (κ2) is 7.74. The zero-order valence-electron chi connectivity index (χ0n) is 22.0. The third-order valence-electron chi connectivity index (χ3n) is 10.8. The molecule has 0 bridgehead atoms. The van der Waals surface area contributed by atoms with Crippen molar-refractivity contribution in [2.75, 3.05) is 0 Å². The molecule has 4 aliphatic carbocycles. The maximum atomic E-state index is 10.4. The Hall–Kier alpha value is -2.53. The molecule has 2 fully saturated rings. The van der Waals surface area contributed by atoms with E-state index in [1.807, 2.05) is 4.52 Å². The number of aliphatic hydroxyl groups excluding tert-OH is 1. The molecule has 1 aromatic carbocycles. The highest BCUT2D eigenvalue weighted by atomic mass is 16.3. The van der Waals surface area contributed by atoms with Crippen molar-refractivity contribution in [2.45, 2.75) is 90.1 Å². The third-order valence-corrected chi connectivity index (χ3v) is 10.8. The van der Waals surface area contributed by atoms with Gasteiger partial charge in [-0.1, -0.05) is 63.6 Å². The zero-order valence-corrected chi connectivity index (χ0v) is 22.0. The van der Waals surface area contributed by atoms with E-state index < -0.39 is 0 Å². The van der Waals surface area contributed by atoms with Crippen molar-refractivity contribution in [1.82, 2.24) is 19.6 Å². The summed E-state index contributed by atoms with van der Waals surface area (Å²) in [5.74, 6) is 3.19. The van der Waals surface area contributed by atoms with Gasteiger partial charge < -0.3 is 5.11 Å². The second-order valence-electron chi connectivity index (χ2n) is 12.9. The Morgan fingerprint density at radius 1 is 1.00 bits per heavy atom. The van der Waals surface area contributed by atoms with Crippen LogP contribution in [-0.4, -0.2) is 30.8 Å². The van der Waals surface area contributed by atoms with Crippen molar-refractivity contribution in [3.8, 4) is 11.3 Å². The molecule has 7 rings (SSSR count). The smallest absolute Gasteiger partial charge is 0.252 e. The van der Waals surface area contributed by atoms with Gasteiger partial charge in [0.1, 0.15) is 6.33 Å². The lowest BCUT2D eigenvalue weighted by atomic mass is 9.48. The van der Waals surface area contributed by atoms with Gasteiger partial charge in [-0.2, -0.15) is 14.6 Å². The Labute approximate surface area is 214 Å². The number of fused-ring (bicyclic) bond motifs is 8. The maximum absolute atomic E-state index is 10.4. The summed E-state index contributed by atoms with van der Waals surface area (Å²) in [5, 5.41) is 15.0. The Kier molecular flexibility index (Phi) is 4.87. The summed E-state index contributed by atoms with van der Waals surface area (Å²) in [5.41, 5.74) is 8.28. The van der Waals surface area contributed by atoms with Crippen molar-refractivity contribution in [3.63, 3.8) is 0 Å². The van der Waals surface area contributed by atoms with Gasteiger partial charge in [-0.05, 0) is 79.6 Å². The van der Waals surface area contributed by atoms with E-state index in [9.17, 15) is 5.11 Å². The number of rotatable bonds is 2. The Morgan fingerprint density at radius 2 is 1.78 bits per heavy atom. The molecule has 4 aliphatic rings. The van der Waals surface area contributed by atoms with Gasteiger partial charge in [0.2, 0.25) is 0 Å². The van der Waals surface area contributed by atoms with E-state index in [1.165, 1.54) is 46.5 Å². The molecule has 3 unspecified atom stereocenters. The Morgan fingerprint density at radius 3 is 2.56 bits per heavy atom. The van der Waals surface area contributed by atoms with Gasteiger partial charge in [-0.25, -0.2) is 4.98 Å². The molecule has 0 amide bonds. The summed E-state index contributed by atoms with van der Waals surface area (Å²) in [6, 6.07) is 9.06. The average molecular weight is 483 g/mol. The van der Waals surface area contributed by atoms with Gasteiger partial charge in [0.05, 0.1) is 17.5 Å². The minimum Gasteiger partial charge on any atom is -0.393 e. The average Bonchev–Trinajstić information content (AvgIpc) is 3.45. The van der Waals surface area contributed by atoms with Gasteiger partial charge in [-0.3, -0.25) is 0 Å². The van der Waals surface area contributed by atoms with E-state index in [0.29, 0.717) is 23.7 Å². The van der Waals surface area contributed by atoms with Crippen molar-refractivity contribution in [2.24, 2.45) is 23.2 Å². The van der Waals surface area contributed by atoms with Crippen LogP contribution in [0.4, 0.5) is 0 Å². The predicted molar refractivity (Wildman–Crippen MR) is 142 cm³/mol. The molecule has 5 nitrogen and oxygen atoms in total. The van der Waals surface area contributed by atoms with Crippen LogP contribution in [0.15, 0.2) is 42.2 Å². The lowest BCUT2D eigenvalue weighted by molar-refractivity contribution is -0.0169. The highest BCUT2D eigenvalue weighted by Crippen LogP contribution is 2.64. The highest BCUT2D eigenvalue weighted by molar-refractivity contribution is 5.69. The molecule has 0 aliphatic heterocycles. The van der Waals surface area contributed by atoms with Crippen molar-refractivity contribution < 1.29 is 5.11 Å². The Balaban J connectivity index is 1.34. The molecule has 36 heavy (non-hydrogen) atoms. The summed E-state index contributed by atoms with van der Waals surface area (Å²) in [6.45, 7) is 9.48. The Bertz CT molecular complexity index is 1370. The SMILES string of the molecule is CC(C)c1ccc(-c2c3c(nc4ncnn24)[C@@]2(C)CCC4C(CC=C5C[C@@H](O)CC[C@@]54C)C2C3)cc1. The standard InChI is InChI=1S/C31H38N4O/c1-18(2)19-5-7-20(8-6-19)27-24-16-26-23-10-9-21-15-22(36)11-13-30(21,3)25(23)12-14-31(26,4)28(24)34-29-32-17-33-35(27)29/h5-9,17-18,22-23,25-26,36H,10-16H2,1-4H3/t22-,23?,25?,26?,30-,31-/m0/s1. The highest BCUT2D eigenvalue weighted by Gasteiger charge is 2.58. The number of hydrogen-bond donors (Lipinski definition) is 1. The van der Waals surface area contributed by atoms with Gasteiger partial charge in [-0.15, -0.1) is 0 Å². The third kappa shape index (κ3) is 3.01. The first-order chi connectivity index (χ1) is 17.3. The number of aromatic nitrogens is 4. The molecule has 3 aromatic rings. The normalized spacial score (nSPS) is 35.2. The molecular formula is C31H38N4O. The van der Waals surface area contributed by atoms with Gasteiger partial charge in [0, 0.05) is 16.5 Å². The van der Waals surface area contributed by atoms with Crippen LogP contribution in [0.2, 0.25) is 0 Å². The molecule has 2 aromatic heterocycles. The minimum atomic E-state index is -0.150. The summed E-state index contributed by atoms with van der Waals surface area (Å²) < 4.78 is 1.98. The summed E-state index contributed by atoms with van der Waals surface area (Å²) in [7, 11) is 0. The van der Waals surface area contributed by atoms with Crippen LogP contribution in [0.3, 0.4) is 0 Å². The molecule has 2 heterocycles. The van der Waals surface area contributed by atoms with Gasteiger partial charge >= 0.3 is 0 Å². The molecule has 2 saturated carbocycles. The predicted octanol–water partition coefficient (Wildman–Crippen LogP) is 6.25. The van der Waals surface area contributed by atoms with Crippen LogP contribution in [0.25, 0.3) is 17.0 Å². The van der Waals surface area contributed by atoms with Crippen LogP contribution in [0, 0.1) is 23.2 Å². The lowest BCUT2D eigenvalue weighted by Gasteiger charge is -2.57.